The third-order valence-corrected chi connectivity index (χ3v) is 7.31. The van der Waals surface area contributed by atoms with Gasteiger partial charge in [0.2, 0.25) is 5.91 Å². The number of nitrogens with zero attached hydrogens (tertiary/aromatic N) is 2. The van der Waals surface area contributed by atoms with E-state index in [4.69, 9.17) is 9.94 Å². The first-order valence-corrected chi connectivity index (χ1v) is 13.0. The fraction of sp³-hybridized carbons (Fsp3) is 0.414. The van der Waals surface area contributed by atoms with Gasteiger partial charge >= 0.3 is 0 Å². The molecule has 1 atom stereocenters. The molecule has 2 fully saturated rings. The molecule has 1 aromatic heterocycles. The zero-order chi connectivity index (χ0) is 25.8. The number of piperidine rings is 1. The normalized spacial score (nSPS) is 19.9. The molecule has 8 nitrogen and oxygen atoms in total. The second-order valence-corrected chi connectivity index (χ2v) is 10.5. The van der Waals surface area contributed by atoms with Crippen molar-refractivity contribution in [2.45, 2.75) is 51.2 Å². The first-order valence-electron chi connectivity index (χ1n) is 13.0. The lowest BCUT2D eigenvalue weighted by Crippen LogP contribution is -2.60. The van der Waals surface area contributed by atoms with E-state index in [1.54, 1.807) is 29.7 Å². The number of aromatic nitrogens is 1. The van der Waals surface area contributed by atoms with E-state index in [0.29, 0.717) is 30.9 Å². The highest BCUT2D eigenvalue weighted by molar-refractivity contribution is 5.95. The standard InChI is InChI=1S/C29H34N4O4/c1-20-15-23(25-5-2-3-6-26(25)30-20)18-37-24-11-9-22(10-12-24)28(35)31-29(16-27(34)32-36)13-4-14-33(19-29)17-21-7-8-21/h2-3,5-6,9-12,15,21,36H,4,7-8,13-14,16-19H2,1H3,(H,31,35)(H,32,34). The Hall–Kier alpha value is -3.49. The summed E-state index contributed by atoms with van der Waals surface area (Å²) in [5.41, 5.74) is 4.46. The SMILES string of the molecule is Cc1cc(COc2ccc(C(=O)NC3(CC(=O)NO)CCCN(CC4CC4)C3)cc2)c2ccccc2n1. The van der Waals surface area contributed by atoms with E-state index in [9.17, 15) is 9.59 Å². The Kier molecular flexibility index (Phi) is 7.39. The van der Waals surface area contributed by atoms with Crippen LogP contribution in [0.2, 0.25) is 0 Å². The quantitative estimate of drug-likeness (QED) is 0.302. The second kappa shape index (κ2) is 10.9. The number of ether oxygens (including phenoxy) is 1. The van der Waals surface area contributed by atoms with Crippen LogP contribution in [-0.2, 0) is 11.4 Å². The van der Waals surface area contributed by atoms with E-state index in [-0.39, 0.29) is 12.3 Å². The molecule has 2 aliphatic rings. The zero-order valence-electron chi connectivity index (χ0n) is 21.2. The van der Waals surface area contributed by atoms with Crippen LogP contribution in [-0.4, -0.2) is 52.1 Å². The number of rotatable bonds is 9. The van der Waals surface area contributed by atoms with Gasteiger partial charge in [0.25, 0.3) is 5.91 Å². The van der Waals surface area contributed by atoms with Gasteiger partial charge in [0.05, 0.1) is 17.5 Å². The highest BCUT2D eigenvalue weighted by Gasteiger charge is 2.40. The average Bonchev–Trinajstić information content (AvgIpc) is 3.71. The predicted octanol–water partition coefficient (Wildman–Crippen LogP) is 3.99. The third-order valence-electron chi connectivity index (χ3n) is 7.31. The molecule has 37 heavy (non-hydrogen) atoms. The molecular formula is C29H34N4O4. The van der Waals surface area contributed by atoms with Gasteiger partial charge in [-0.25, -0.2) is 5.48 Å². The summed E-state index contributed by atoms with van der Waals surface area (Å²) in [5.74, 6) is 0.662. The molecule has 0 radical (unpaired) electrons. The van der Waals surface area contributed by atoms with Crippen molar-refractivity contribution in [1.82, 2.24) is 20.7 Å². The van der Waals surface area contributed by atoms with Crippen molar-refractivity contribution in [3.8, 4) is 5.75 Å². The van der Waals surface area contributed by atoms with Crippen LogP contribution in [0.15, 0.2) is 54.6 Å². The van der Waals surface area contributed by atoms with Gasteiger partial charge in [0, 0.05) is 35.3 Å². The highest BCUT2D eigenvalue weighted by atomic mass is 16.5. The van der Waals surface area contributed by atoms with E-state index < -0.39 is 11.4 Å². The van der Waals surface area contributed by atoms with Crippen LogP contribution in [0.5, 0.6) is 5.75 Å². The summed E-state index contributed by atoms with van der Waals surface area (Å²) in [6, 6.07) is 17.1. The van der Waals surface area contributed by atoms with Crippen molar-refractivity contribution >= 4 is 22.7 Å². The van der Waals surface area contributed by atoms with Gasteiger partial charge in [-0.05, 0) is 81.5 Å². The predicted molar refractivity (Wildman–Crippen MR) is 140 cm³/mol. The van der Waals surface area contributed by atoms with Crippen molar-refractivity contribution in [1.29, 1.82) is 0 Å². The van der Waals surface area contributed by atoms with E-state index >= 15 is 0 Å². The Balaban J connectivity index is 1.25. The molecule has 0 spiro atoms. The minimum Gasteiger partial charge on any atom is -0.489 e. The molecule has 1 saturated heterocycles. The fourth-order valence-electron chi connectivity index (χ4n) is 5.38. The Morgan fingerprint density at radius 1 is 1.16 bits per heavy atom. The van der Waals surface area contributed by atoms with Crippen LogP contribution in [0.3, 0.4) is 0 Å². The van der Waals surface area contributed by atoms with Gasteiger partial charge in [-0.1, -0.05) is 18.2 Å². The maximum absolute atomic E-state index is 13.2. The van der Waals surface area contributed by atoms with Gasteiger partial charge < -0.3 is 15.0 Å². The van der Waals surface area contributed by atoms with Gasteiger partial charge in [-0.2, -0.15) is 0 Å². The topological polar surface area (TPSA) is 104 Å². The van der Waals surface area contributed by atoms with Crippen LogP contribution in [0.1, 0.15) is 53.7 Å². The number of hydrogen-bond donors (Lipinski definition) is 3. The number of carbonyl (C=O) groups excluding carboxylic acids is 2. The second-order valence-electron chi connectivity index (χ2n) is 10.5. The lowest BCUT2D eigenvalue weighted by Gasteiger charge is -2.43. The van der Waals surface area contributed by atoms with Crippen molar-refractivity contribution < 1.29 is 19.5 Å². The number of aryl methyl sites for hydroxylation is 1. The number of amides is 2. The monoisotopic (exact) mass is 502 g/mol. The summed E-state index contributed by atoms with van der Waals surface area (Å²) in [4.78, 5) is 32.3. The summed E-state index contributed by atoms with van der Waals surface area (Å²) in [7, 11) is 0. The van der Waals surface area contributed by atoms with Gasteiger partial charge in [0.15, 0.2) is 0 Å². The third kappa shape index (κ3) is 6.26. The molecule has 1 aliphatic heterocycles. The molecule has 5 rings (SSSR count). The Bertz CT molecular complexity index is 1270. The largest absolute Gasteiger partial charge is 0.489 e. The van der Waals surface area contributed by atoms with Gasteiger partial charge in [0.1, 0.15) is 12.4 Å². The Labute approximate surface area is 217 Å². The summed E-state index contributed by atoms with van der Waals surface area (Å²) >= 11 is 0. The highest BCUT2D eigenvalue weighted by Crippen LogP contribution is 2.33. The number of carbonyl (C=O) groups is 2. The van der Waals surface area contributed by atoms with Crippen LogP contribution in [0.25, 0.3) is 10.9 Å². The van der Waals surface area contributed by atoms with Crippen LogP contribution in [0, 0.1) is 12.8 Å². The molecule has 8 heteroatoms. The Morgan fingerprint density at radius 2 is 1.95 bits per heavy atom. The number of fused-ring (bicyclic) bond motifs is 1. The molecule has 0 bridgehead atoms. The lowest BCUT2D eigenvalue weighted by atomic mass is 9.85. The average molecular weight is 503 g/mol. The molecule has 1 saturated carbocycles. The number of hydroxylamine groups is 1. The molecule has 2 heterocycles. The van der Waals surface area contributed by atoms with E-state index in [2.05, 4.69) is 15.2 Å². The molecule has 1 aliphatic carbocycles. The molecule has 194 valence electrons. The van der Waals surface area contributed by atoms with Crippen LogP contribution >= 0.6 is 0 Å². The van der Waals surface area contributed by atoms with E-state index in [0.717, 1.165) is 47.6 Å². The van der Waals surface area contributed by atoms with Crippen molar-refractivity contribution in [3.63, 3.8) is 0 Å². The number of pyridine rings is 1. The molecule has 3 N–H and O–H groups in total. The summed E-state index contributed by atoms with van der Waals surface area (Å²) in [5, 5.41) is 13.3. The fourth-order valence-corrected chi connectivity index (χ4v) is 5.38. The van der Waals surface area contributed by atoms with Gasteiger partial charge in [-0.15, -0.1) is 0 Å². The number of nitrogens with one attached hydrogen (secondary N) is 2. The minimum atomic E-state index is -0.716. The smallest absolute Gasteiger partial charge is 0.251 e. The number of para-hydroxylation sites is 1. The molecule has 2 aromatic carbocycles. The minimum absolute atomic E-state index is 0.0386. The van der Waals surface area contributed by atoms with Crippen LogP contribution in [0.4, 0.5) is 0 Å². The number of likely N-dealkylation sites (tertiary alicyclic amines) is 1. The summed E-state index contributed by atoms with van der Waals surface area (Å²) in [6.45, 7) is 4.93. The molecule has 2 amide bonds. The van der Waals surface area contributed by atoms with Crippen molar-refractivity contribution in [3.05, 3.63) is 71.4 Å². The maximum Gasteiger partial charge on any atom is 0.251 e. The zero-order valence-corrected chi connectivity index (χ0v) is 21.2. The maximum atomic E-state index is 13.2. The first-order chi connectivity index (χ1) is 17.9. The number of benzene rings is 2. The number of hydrogen-bond acceptors (Lipinski definition) is 6. The molecule has 1 unspecified atom stereocenters. The molecular weight excluding hydrogens is 468 g/mol. The first kappa shape index (κ1) is 25.2. The molecule has 3 aromatic rings. The summed E-state index contributed by atoms with van der Waals surface area (Å²) < 4.78 is 6.04. The van der Waals surface area contributed by atoms with Crippen molar-refractivity contribution in [2.24, 2.45) is 5.92 Å². The van der Waals surface area contributed by atoms with E-state index in [1.165, 1.54) is 12.8 Å². The van der Waals surface area contributed by atoms with E-state index in [1.807, 2.05) is 37.3 Å². The lowest BCUT2D eigenvalue weighted by molar-refractivity contribution is -0.131. The van der Waals surface area contributed by atoms with Gasteiger partial charge in [-0.3, -0.25) is 19.8 Å². The summed E-state index contributed by atoms with van der Waals surface area (Å²) in [6.07, 6.45) is 4.11. The van der Waals surface area contributed by atoms with Crippen LogP contribution < -0.4 is 15.5 Å². The van der Waals surface area contributed by atoms with Crippen molar-refractivity contribution in [2.75, 3.05) is 19.6 Å². The Morgan fingerprint density at radius 3 is 2.70 bits per heavy atom.